The second kappa shape index (κ2) is 8.49. The van der Waals surface area contributed by atoms with Gasteiger partial charge in [-0.2, -0.15) is 0 Å². The van der Waals surface area contributed by atoms with E-state index in [1.54, 1.807) is 25.7 Å². The van der Waals surface area contributed by atoms with Crippen LogP contribution in [0.3, 0.4) is 0 Å². The number of nitrogens with one attached hydrogen (secondary N) is 1. The SMILES string of the molecule is COc1ccc(C(C)NC(=O)C2CCCN(c3cnccn3)C2)cc1Br. The number of amides is 1. The molecule has 1 saturated heterocycles. The van der Waals surface area contributed by atoms with Crippen LogP contribution in [0.2, 0.25) is 0 Å². The third-order valence-electron chi connectivity index (χ3n) is 4.70. The molecule has 2 atom stereocenters. The monoisotopic (exact) mass is 418 g/mol. The first-order valence-electron chi connectivity index (χ1n) is 8.73. The fourth-order valence-corrected chi connectivity index (χ4v) is 3.78. The Morgan fingerprint density at radius 1 is 1.42 bits per heavy atom. The molecular weight excluding hydrogens is 396 g/mol. The highest BCUT2D eigenvalue weighted by atomic mass is 79.9. The van der Waals surface area contributed by atoms with E-state index in [-0.39, 0.29) is 17.9 Å². The smallest absolute Gasteiger partial charge is 0.225 e. The topological polar surface area (TPSA) is 67.3 Å². The lowest BCUT2D eigenvalue weighted by atomic mass is 9.96. The van der Waals surface area contributed by atoms with Crippen molar-refractivity contribution in [2.24, 2.45) is 5.92 Å². The number of carbonyl (C=O) groups is 1. The van der Waals surface area contributed by atoms with E-state index in [1.807, 2.05) is 25.1 Å². The highest BCUT2D eigenvalue weighted by Crippen LogP contribution is 2.28. The standard InChI is InChI=1S/C19H23BrN4O2/c1-13(14-5-6-17(26-2)16(20)10-14)23-19(25)15-4-3-9-24(12-15)18-11-21-7-8-22-18/h5-8,10-11,13,15H,3-4,9,12H2,1-2H3,(H,23,25). The van der Waals surface area contributed by atoms with Gasteiger partial charge < -0.3 is 15.0 Å². The third kappa shape index (κ3) is 4.33. The van der Waals surface area contributed by atoms with Gasteiger partial charge in [0, 0.05) is 25.5 Å². The fraction of sp³-hybridized carbons (Fsp3) is 0.421. The lowest BCUT2D eigenvalue weighted by Crippen LogP contribution is -2.44. The first-order chi connectivity index (χ1) is 12.6. The third-order valence-corrected chi connectivity index (χ3v) is 5.32. The Balaban J connectivity index is 1.62. The average Bonchev–Trinajstić information content (AvgIpc) is 2.68. The Hall–Kier alpha value is -2.15. The summed E-state index contributed by atoms with van der Waals surface area (Å²) in [5.41, 5.74) is 1.03. The molecule has 3 rings (SSSR count). The van der Waals surface area contributed by atoms with Gasteiger partial charge in [0.25, 0.3) is 0 Å². The molecule has 7 heteroatoms. The van der Waals surface area contributed by atoms with Gasteiger partial charge in [0.05, 0.1) is 29.7 Å². The Labute approximate surface area is 162 Å². The summed E-state index contributed by atoms with van der Waals surface area (Å²) in [4.78, 5) is 23.4. The van der Waals surface area contributed by atoms with E-state index in [2.05, 4.69) is 36.1 Å². The zero-order valence-electron chi connectivity index (χ0n) is 15.0. The zero-order chi connectivity index (χ0) is 18.5. The van der Waals surface area contributed by atoms with Gasteiger partial charge in [0.15, 0.2) is 0 Å². The minimum absolute atomic E-state index is 0.0464. The van der Waals surface area contributed by atoms with Crippen LogP contribution in [0.25, 0.3) is 0 Å². The molecule has 2 heterocycles. The molecule has 1 aliphatic rings. The summed E-state index contributed by atoms with van der Waals surface area (Å²) >= 11 is 3.49. The van der Waals surface area contributed by atoms with Crippen LogP contribution in [0.15, 0.2) is 41.3 Å². The Bertz CT molecular complexity index is 756. The van der Waals surface area contributed by atoms with Crippen molar-refractivity contribution < 1.29 is 9.53 Å². The molecule has 0 aliphatic carbocycles. The highest BCUT2D eigenvalue weighted by Gasteiger charge is 2.27. The van der Waals surface area contributed by atoms with E-state index in [1.165, 1.54) is 0 Å². The van der Waals surface area contributed by atoms with Crippen molar-refractivity contribution >= 4 is 27.7 Å². The van der Waals surface area contributed by atoms with Gasteiger partial charge in [0.1, 0.15) is 11.6 Å². The number of nitrogens with zero attached hydrogens (tertiary/aromatic N) is 3. The van der Waals surface area contributed by atoms with Crippen LogP contribution in [0.5, 0.6) is 5.75 Å². The second-order valence-corrected chi connectivity index (χ2v) is 7.33. The number of rotatable bonds is 5. The lowest BCUT2D eigenvalue weighted by molar-refractivity contribution is -0.125. The van der Waals surface area contributed by atoms with Crippen LogP contribution in [-0.4, -0.2) is 36.1 Å². The van der Waals surface area contributed by atoms with Crippen molar-refractivity contribution in [1.82, 2.24) is 15.3 Å². The van der Waals surface area contributed by atoms with Gasteiger partial charge in [-0.3, -0.25) is 9.78 Å². The van der Waals surface area contributed by atoms with Crippen molar-refractivity contribution in [1.29, 1.82) is 0 Å². The molecule has 2 unspecified atom stereocenters. The van der Waals surface area contributed by atoms with Gasteiger partial charge >= 0.3 is 0 Å². The molecule has 26 heavy (non-hydrogen) atoms. The number of piperidine rings is 1. The van der Waals surface area contributed by atoms with Gasteiger partial charge in [-0.25, -0.2) is 4.98 Å². The van der Waals surface area contributed by atoms with Gasteiger partial charge in [-0.05, 0) is 53.4 Å². The van der Waals surface area contributed by atoms with Crippen LogP contribution < -0.4 is 15.0 Å². The molecule has 1 aromatic heterocycles. The number of carbonyl (C=O) groups excluding carboxylic acids is 1. The van der Waals surface area contributed by atoms with E-state index in [4.69, 9.17) is 4.74 Å². The van der Waals surface area contributed by atoms with E-state index in [0.29, 0.717) is 6.54 Å². The van der Waals surface area contributed by atoms with Crippen LogP contribution in [0, 0.1) is 5.92 Å². The number of hydrogen-bond acceptors (Lipinski definition) is 5. The van der Waals surface area contributed by atoms with Gasteiger partial charge in [0.2, 0.25) is 5.91 Å². The van der Waals surface area contributed by atoms with E-state index < -0.39 is 0 Å². The maximum atomic E-state index is 12.8. The van der Waals surface area contributed by atoms with E-state index in [9.17, 15) is 4.79 Å². The summed E-state index contributed by atoms with van der Waals surface area (Å²) in [6.45, 7) is 3.57. The molecule has 0 bridgehead atoms. The van der Waals surface area contributed by atoms with Gasteiger partial charge in [-0.1, -0.05) is 6.07 Å². The molecular formula is C19H23BrN4O2. The summed E-state index contributed by atoms with van der Waals surface area (Å²) in [6, 6.07) is 5.78. The van der Waals surface area contributed by atoms with E-state index in [0.717, 1.165) is 41.0 Å². The fourth-order valence-electron chi connectivity index (χ4n) is 3.22. The molecule has 1 N–H and O–H groups in total. The summed E-state index contributed by atoms with van der Waals surface area (Å²) in [5.74, 6) is 1.64. The molecule has 2 aromatic rings. The van der Waals surface area contributed by atoms with Crippen LogP contribution in [0.1, 0.15) is 31.4 Å². The Morgan fingerprint density at radius 2 is 2.27 bits per heavy atom. The van der Waals surface area contributed by atoms with Crippen molar-refractivity contribution in [3.05, 3.63) is 46.8 Å². The number of benzene rings is 1. The van der Waals surface area contributed by atoms with Crippen LogP contribution in [-0.2, 0) is 4.79 Å². The predicted octanol–water partition coefficient (Wildman–Crippen LogP) is 3.34. The summed E-state index contributed by atoms with van der Waals surface area (Å²) in [7, 11) is 1.64. The normalized spacial score (nSPS) is 18.3. The molecule has 6 nitrogen and oxygen atoms in total. The summed E-state index contributed by atoms with van der Waals surface area (Å²) in [6.07, 6.45) is 6.95. The minimum Gasteiger partial charge on any atom is -0.496 e. The number of ether oxygens (including phenoxy) is 1. The number of methoxy groups -OCH3 is 1. The summed E-state index contributed by atoms with van der Waals surface area (Å²) < 4.78 is 6.14. The minimum atomic E-state index is -0.0726. The first-order valence-corrected chi connectivity index (χ1v) is 9.52. The number of halogens is 1. The van der Waals surface area contributed by atoms with E-state index >= 15 is 0 Å². The Morgan fingerprint density at radius 3 is 2.96 bits per heavy atom. The maximum Gasteiger partial charge on any atom is 0.225 e. The summed E-state index contributed by atoms with van der Waals surface area (Å²) in [5, 5.41) is 3.14. The number of hydrogen-bond donors (Lipinski definition) is 1. The highest BCUT2D eigenvalue weighted by molar-refractivity contribution is 9.10. The molecule has 138 valence electrons. The predicted molar refractivity (Wildman–Crippen MR) is 104 cm³/mol. The van der Waals surface area contributed by atoms with Crippen LogP contribution >= 0.6 is 15.9 Å². The van der Waals surface area contributed by atoms with Crippen LogP contribution in [0.4, 0.5) is 5.82 Å². The van der Waals surface area contributed by atoms with Crippen molar-refractivity contribution in [2.75, 3.05) is 25.1 Å². The van der Waals surface area contributed by atoms with Crippen molar-refractivity contribution in [3.63, 3.8) is 0 Å². The zero-order valence-corrected chi connectivity index (χ0v) is 16.6. The Kier molecular flexibility index (Phi) is 6.08. The first kappa shape index (κ1) is 18.6. The molecule has 1 amide bonds. The number of aromatic nitrogens is 2. The molecule has 0 spiro atoms. The second-order valence-electron chi connectivity index (χ2n) is 6.47. The quantitative estimate of drug-likeness (QED) is 0.806. The van der Waals surface area contributed by atoms with Crippen molar-refractivity contribution in [2.45, 2.75) is 25.8 Å². The molecule has 1 aliphatic heterocycles. The van der Waals surface area contributed by atoms with Crippen molar-refractivity contribution in [3.8, 4) is 5.75 Å². The maximum absolute atomic E-state index is 12.8. The molecule has 1 aromatic carbocycles. The lowest BCUT2D eigenvalue weighted by Gasteiger charge is -2.33. The van der Waals surface area contributed by atoms with Gasteiger partial charge in [-0.15, -0.1) is 0 Å². The average molecular weight is 419 g/mol. The molecule has 0 radical (unpaired) electrons. The molecule has 0 saturated carbocycles. The number of anilines is 1. The largest absolute Gasteiger partial charge is 0.496 e. The molecule has 1 fully saturated rings.